The van der Waals surface area contributed by atoms with Crippen LogP contribution in [0.4, 0.5) is 0 Å². The van der Waals surface area contributed by atoms with Crippen LogP contribution in [-0.2, 0) is 30.2 Å². The van der Waals surface area contributed by atoms with Crippen LogP contribution in [0.25, 0.3) is 16.3 Å². The molecule has 4 aromatic rings. The van der Waals surface area contributed by atoms with E-state index in [9.17, 15) is 0 Å². The molecule has 0 saturated carbocycles. The second-order valence-corrected chi connectivity index (χ2v) is 7.10. The Balaban J connectivity index is 0.00000107. The van der Waals surface area contributed by atoms with Gasteiger partial charge in [0.1, 0.15) is 0 Å². The summed E-state index contributed by atoms with van der Waals surface area (Å²) in [5.74, 6) is 0.279. The molecule has 30 heavy (non-hydrogen) atoms. The Labute approximate surface area is 201 Å². The first-order chi connectivity index (χ1) is 13.4. The molecule has 0 fully saturated rings. The number of pyridine rings is 1. The van der Waals surface area contributed by atoms with E-state index in [1.165, 1.54) is 33.0 Å². The van der Waals surface area contributed by atoms with E-state index in [1.54, 1.807) is 0 Å². The molecule has 1 atom stereocenters. The maximum Gasteiger partial charge on any atom is 3.00 e. The van der Waals surface area contributed by atoms with E-state index >= 15 is 0 Å². The van der Waals surface area contributed by atoms with Gasteiger partial charge in [0, 0.05) is 11.9 Å². The van der Waals surface area contributed by atoms with Gasteiger partial charge in [-0.2, -0.15) is 5.56 Å². The summed E-state index contributed by atoms with van der Waals surface area (Å²) >= 11 is 0. The summed E-state index contributed by atoms with van der Waals surface area (Å²) in [6.07, 6.45) is 7.48. The van der Waals surface area contributed by atoms with Crippen molar-refractivity contribution in [2.24, 2.45) is 0 Å². The van der Waals surface area contributed by atoms with Crippen molar-refractivity contribution in [1.82, 2.24) is 4.98 Å². The zero-order valence-electron chi connectivity index (χ0n) is 16.3. The van der Waals surface area contributed by atoms with E-state index < -0.39 is 0 Å². The van der Waals surface area contributed by atoms with Crippen molar-refractivity contribution in [2.45, 2.75) is 18.8 Å². The van der Waals surface area contributed by atoms with Crippen molar-refractivity contribution in [3.05, 3.63) is 120 Å². The molecule has 0 N–H and O–H groups in total. The van der Waals surface area contributed by atoms with Crippen molar-refractivity contribution in [3.8, 4) is 0 Å². The van der Waals surface area contributed by atoms with E-state index in [0.29, 0.717) is 0 Å². The number of hydrogen-bond acceptors (Lipinski definition) is 1. The maximum atomic E-state index is 4.52. The molecule has 1 aliphatic rings. The quantitative estimate of drug-likeness (QED) is 0.384. The monoisotopic (exact) mass is 468 g/mol. The summed E-state index contributed by atoms with van der Waals surface area (Å²) in [5, 5.41) is 2.63. The molecule has 3 aromatic carbocycles. The standard InChI is InChI=1S/C26H20N.2ClH.Cr/c1-2-12-24-19(8-1)9-7-10-20(24)16-21-17-22(18-23-11-5-6-15-27-23)26-14-4-3-13-25(21)26;;;/h1-15,22H,16,18H2;2*1H;/q-1;;;+3/p-2. The average Bonchev–Trinajstić information content (AvgIpc) is 3.07. The SMILES string of the molecule is [C-]1=C(Cc2cccc3ccccc23)c2ccccc2C1Cc1ccccn1.[Cl-].[Cl-].[Cr+3]. The fourth-order valence-corrected chi connectivity index (χ4v) is 4.11. The van der Waals surface area contributed by atoms with Crippen LogP contribution < -0.4 is 24.8 Å². The third kappa shape index (κ3) is 4.80. The molecule has 0 spiro atoms. The number of fused-ring (bicyclic) bond motifs is 2. The fourth-order valence-electron chi connectivity index (χ4n) is 4.11. The summed E-state index contributed by atoms with van der Waals surface area (Å²) in [5.41, 5.74) is 6.51. The first-order valence-electron chi connectivity index (χ1n) is 9.47. The molecule has 5 rings (SSSR count). The van der Waals surface area contributed by atoms with Crippen LogP contribution in [0, 0.1) is 6.08 Å². The fraction of sp³-hybridized carbons (Fsp3) is 0.115. The van der Waals surface area contributed by atoms with Gasteiger partial charge in [-0.3, -0.25) is 11.1 Å². The van der Waals surface area contributed by atoms with Crippen molar-refractivity contribution >= 4 is 16.3 Å². The van der Waals surface area contributed by atoms with Gasteiger partial charge in [-0.05, 0) is 41.3 Å². The second-order valence-electron chi connectivity index (χ2n) is 7.10. The molecule has 0 bridgehead atoms. The van der Waals surface area contributed by atoms with Gasteiger partial charge in [-0.15, -0.1) is 11.6 Å². The van der Waals surface area contributed by atoms with Crippen LogP contribution in [-0.4, -0.2) is 4.98 Å². The number of hydrogen-bond donors (Lipinski definition) is 0. The second kappa shape index (κ2) is 10.8. The van der Waals surface area contributed by atoms with Gasteiger partial charge in [-0.25, -0.2) is 5.57 Å². The van der Waals surface area contributed by atoms with Gasteiger partial charge in [0.25, 0.3) is 0 Å². The largest absolute Gasteiger partial charge is 3.00 e. The predicted octanol–water partition coefficient (Wildman–Crippen LogP) is 0.00949. The Morgan fingerprint density at radius 2 is 1.50 bits per heavy atom. The number of aromatic nitrogens is 1. The zero-order chi connectivity index (χ0) is 18.1. The number of rotatable bonds is 4. The van der Waals surface area contributed by atoms with Crippen LogP contribution >= 0.6 is 0 Å². The van der Waals surface area contributed by atoms with Gasteiger partial charge >= 0.3 is 17.4 Å². The predicted molar refractivity (Wildman–Crippen MR) is 111 cm³/mol. The molecule has 149 valence electrons. The van der Waals surface area contributed by atoms with Crippen LogP contribution in [0.5, 0.6) is 0 Å². The van der Waals surface area contributed by atoms with E-state index in [4.69, 9.17) is 0 Å². The molecule has 0 saturated heterocycles. The summed E-state index contributed by atoms with van der Waals surface area (Å²) in [6, 6.07) is 30.1. The summed E-state index contributed by atoms with van der Waals surface area (Å²) in [4.78, 5) is 4.52. The van der Waals surface area contributed by atoms with Crippen molar-refractivity contribution < 1.29 is 42.2 Å². The van der Waals surface area contributed by atoms with E-state index in [1.807, 2.05) is 12.3 Å². The van der Waals surface area contributed by atoms with Crippen molar-refractivity contribution in [3.63, 3.8) is 0 Å². The van der Waals surface area contributed by atoms with Crippen molar-refractivity contribution in [1.29, 1.82) is 0 Å². The van der Waals surface area contributed by atoms with Crippen LogP contribution in [0.3, 0.4) is 0 Å². The topological polar surface area (TPSA) is 12.9 Å². The maximum absolute atomic E-state index is 4.52. The Morgan fingerprint density at radius 3 is 2.33 bits per heavy atom. The number of halogens is 2. The zero-order valence-corrected chi connectivity index (χ0v) is 19.1. The summed E-state index contributed by atoms with van der Waals surface area (Å²) < 4.78 is 0. The van der Waals surface area contributed by atoms with E-state index in [0.717, 1.165) is 18.5 Å². The first-order valence-corrected chi connectivity index (χ1v) is 9.47. The molecule has 1 aromatic heterocycles. The minimum Gasteiger partial charge on any atom is -1.00 e. The Bertz CT molecular complexity index is 1140. The molecule has 1 heterocycles. The third-order valence-corrected chi connectivity index (χ3v) is 5.40. The molecule has 1 unspecified atom stereocenters. The number of benzene rings is 3. The normalized spacial score (nSPS) is 14.0. The molecule has 1 radical (unpaired) electrons. The third-order valence-electron chi connectivity index (χ3n) is 5.40. The van der Waals surface area contributed by atoms with Crippen LogP contribution in [0.15, 0.2) is 91.1 Å². The van der Waals surface area contributed by atoms with E-state index in [-0.39, 0.29) is 48.1 Å². The van der Waals surface area contributed by atoms with Crippen LogP contribution in [0.2, 0.25) is 0 Å². The van der Waals surface area contributed by atoms with Gasteiger partial charge in [0.15, 0.2) is 0 Å². The number of nitrogens with zero attached hydrogens (tertiary/aromatic N) is 1. The van der Waals surface area contributed by atoms with Crippen molar-refractivity contribution in [2.75, 3.05) is 0 Å². The van der Waals surface area contributed by atoms with Gasteiger partial charge in [0.05, 0.1) is 0 Å². The average molecular weight is 469 g/mol. The molecule has 0 aliphatic heterocycles. The Kier molecular flexibility index (Phi) is 8.71. The molecular formula is C26H20Cl2CrN. The summed E-state index contributed by atoms with van der Waals surface area (Å²) in [6.45, 7) is 0. The molecule has 1 nitrogen and oxygen atoms in total. The minimum absolute atomic E-state index is 0. The van der Waals surface area contributed by atoms with Gasteiger partial charge in [0.2, 0.25) is 0 Å². The Morgan fingerprint density at radius 1 is 0.767 bits per heavy atom. The molecule has 0 amide bonds. The van der Waals surface area contributed by atoms with Gasteiger partial charge in [-0.1, -0.05) is 72.6 Å². The summed E-state index contributed by atoms with van der Waals surface area (Å²) in [7, 11) is 0. The van der Waals surface area contributed by atoms with Gasteiger partial charge < -0.3 is 24.8 Å². The first kappa shape index (κ1) is 24.2. The van der Waals surface area contributed by atoms with Crippen LogP contribution in [0.1, 0.15) is 28.3 Å². The smallest absolute Gasteiger partial charge is 1.00 e. The van der Waals surface area contributed by atoms with E-state index in [2.05, 4.69) is 89.9 Å². The Hall–Kier alpha value is -2.08. The number of allylic oxidation sites excluding steroid dienone is 2. The molecule has 1 aliphatic carbocycles. The molecule has 4 heteroatoms. The minimum atomic E-state index is 0. The molecular weight excluding hydrogens is 449 g/mol.